The first-order chi connectivity index (χ1) is 4.79. The summed E-state index contributed by atoms with van der Waals surface area (Å²) >= 11 is 0. The lowest BCUT2D eigenvalue weighted by Crippen LogP contribution is -1.83. The van der Waals surface area contributed by atoms with E-state index in [0.717, 1.165) is 18.5 Å². The molecule has 0 aromatic carbocycles. The van der Waals surface area contributed by atoms with E-state index in [9.17, 15) is 0 Å². The molecule has 0 spiro atoms. The fourth-order valence-corrected chi connectivity index (χ4v) is 0.912. The van der Waals surface area contributed by atoms with Crippen molar-refractivity contribution in [3.63, 3.8) is 0 Å². The van der Waals surface area contributed by atoms with Crippen LogP contribution < -0.4 is 0 Å². The molecular formula is C9H13N. The molecule has 0 aromatic rings. The molecule has 0 amide bonds. The van der Waals surface area contributed by atoms with Gasteiger partial charge in [0.05, 0.1) is 0 Å². The predicted molar refractivity (Wildman–Crippen MR) is 45.2 cm³/mol. The molecule has 1 aliphatic rings. The molecule has 0 saturated heterocycles. The Morgan fingerprint density at radius 2 is 1.90 bits per heavy atom. The van der Waals surface area contributed by atoms with Crippen LogP contribution in [0.25, 0.3) is 0 Å². The third-order valence-corrected chi connectivity index (χ3v) is 1.54. The Morgan fingerprint density at radius 3 is 2.70 bits per heavy atom. The van der Waals surface area contributed by atoms with E-state index in [4.69, 9.17) is 0 Å². The SMILES string of the molecule is CC1=CCCC=C(C)N=C1. The van der Waals surface area contributed by atoms with Crippen LogP contribution in [-0.4, -0.2) is 6.21 Å². The number of hydrogen-bond acceptors (Lipinski definition) is 1. The third kappa shape index (κ3) is 2.18. The number of allylic oxidation sites excluding steroid dienone is 4. The Morgan fingerprint density at radius 1 is 1.20 bits per heavy atom. The van der Waals surface area contributed by atoms with E-state index >= 15 is 0 Å². The topological polar surface area (TPSA) is 12.4 Å². The molecule has 0 aliphatic carbocycles. The average Bonchev–Trinajstić information content (AvgIpc) is 1.90. The van der Waals surface area contributed by atoms with Gasteiger partial charge in [0.2, 0.25) is 0 Å². The van der Waals surface area contributed by atoms with Gasteiger partial charge < -0.3 is 0 Å². The van der Waals surface area contributed by atoms with Crippen molar-refractivity contribution in [3.05, 3.63) is 23.4 Å². The number of aliphatic imine (C=N–C) groups is 1. The zero-order valence-corrected chi connectivity index (χ0v) is 6.59. The molecule has 1 heteroatoms. The minimum absolute atomic E-state index is 1.13. The molecule has 0 atom stereocenters. The van der Waals surface area contributed by atoms with Gasteiger partial charge in [0.25, 0.3) is 0 Å². The summed E-state index contributed by atoms with van der Waals surface area (Å²) in [5, 5.41) is 0. The fourth-order valence-electron chi connectivity index (χ4n) is 0.912. The van der Waals surface area contributed by atoms with Crippen LogP contribution in [0.4, 0.5) is 0 Å². The van der Waals surface area contributed by atoms with Crippen LogP contribution in [0.2, 0.25) is 0 Å². The molecule has 0 unspecified atom stereocenters. The summed E-state index contributed by atoms with van der Waals surface area (Å²) in [5.41, 5.74) is 2.40. The maximum Gasteiger partial charge on any atom is 0.0333 e. The average molecular weight is 135 g/mol. The van der Waals surface area contributed by atoms with Crippen molar-refractivity contribution >= 4 is 6.21 Å². The van der Waals surface area contributed by atoms with Gasteiger partial charge in [-0.1, -0.05) is 12.2 Å². The molecule has 10 heavy (non-hydrogen) atoms. The van der Waals surface area contributed by atoms with Crippen molar-refractivity contribution in [3.8, 4) is 0 Å². The first-order valence-electron chi connectivity index (χ1n) is 3.66. The van der Waals surface area contributed by atoms with Crippen LogP contribution >= 0.6 is 0 Å². The van der Waals surface area contributed by atoms with Crippen molar-refractivity contribution in [1.82, 2.24) is 0 Å². The Hall–Kier alpha value is -0.850. The van der Waals surface area contributed by atoms with Crippen LogP contribution in [0.15, 0.2) is 28.4 Å². The van der Waals surface area contributed by atoms with Gasteiger partial charge in [0, 0.05) is 11.9 Å². The molecule has 0 radical (unpaired) electrons. The molecule has 54 valence electrons. The highest BCUT2D eigenvalue weighted by Gasteiger charge is 1.89. The maximum atomic E-state index is 4.23. The lowest BCUT2D eigenvalue weighted by molar-refractivity contribution is 1.02. The monoisotopic (exact) mass is 135 g/mol. The van der Waals surface area contributed by atoms with Crippen molar-refractivity contribution in [2.75, 3.05) is 0 Å². The van der Waals surface area contributed by atoms with Crippen LogP contribution in [0.3, 0.4) is 0 Å². The first kappa shape index (κ1) is 7.26. The highest BCUT2D eigenvalue weighted by Crippen LogP contribution is 2.06. The third-order valence-electron chi connectivity index (χ3n) is 1.54. The Bertz CT molecular complexity index is 175. The molecule has 0 N–H and O–H groups in total. The summed E-state index contributed by atoms with van der Waals surface area (Å²) in [5.74, 6) is 0. The molecule has 0 aromatic heterocycles. The fraction of sp³-hybridized carbons (Fsp3) is 0.444. The van der Waals surface area contributed by atoms with Crippen molar-refractivity contribution < 1.29 is 0 Å². The normalized spacial score (nSPS) is 19.0. The summed E-state index contributed by atoms with van der Waals surface area (Å²) in [6.45, 7) is 4.12. The maximum absolute atomic E-state index is 4.23. The molecule has 1 heterocycles. The molecular weight excluding hydrogens is 122 g/mol. The van der Waals surface area contributed by atoms with Crippen molar-refractivity contribution in [1.29, 1.82) is 0 Å². The second-order valence-electron chi connectivity index (χ2n) is 2.63. The Balaban J connectivity index is 2.73. The highest BCUT2D eigenvalue weighted by atomic mass is 14.7. The van der Waals surface area contributed by atoms with Crippen molar-refractivity contribution in [2.24, 2.45) is 4.99 Å². The van der Waals surface area contributed by atoms with E-state index in [2.05, 4.69) is 24.1 Å². The predicted octanol–water partition coefficient (Wildman–Crippen LogP) is 2.70. The summed E-state index contributed by atoms with van der Waals surface area (Å²) in [6, 6.07) is 0. The van der Waals surface area contributed by atoms with Gasteiger partial charge in [-0.2, -0.15) is 0 Å². The van der Waals surface area contributed by atoms with Crippen LogP contribution in [0, 0.1) is 0 Å². The minimum Gasteiger partial charge on any atom is -0.262 e. The largest absolute Gasteiger partial charge is 0.262 e. The van der Waals surface area contributed by atoms with Gasteiger partial charge in [-0.25, -0.2) is 0 Å². The molecule has 1 rings (SSSR count). The van der Waals surface area contributed by atoms with Crippen LogP contribution in [0.5, 0.6) is 0 Å². The van der Waals surface area contributed by atoms with E-state index in [1.807, 2.05) is 13.1 Å². The van der Waals surface area contributed by atoms with Crippen molar-refractivity contribution in [2.45, 2.75) is 26.7 Å². The lowest BCUT2D eigenvalue weighted by atomic mass is 10.2. The Kier molecular flexibility index (Phi) is 2.43. The van der Waals surface area contributed by atoms with Gasteiger partial charge in [-0.05, 0) is 32.3 Å². The molecule has 1 nitrogen and oxygen atoms in total. The van der Waals surface area contributed by atoms with E-state index in [1.54, 1.807) is 0 Å². The number of hydrogen-bond donors (Lipinski definition) is 0. The second-order valence-corrected chi connectivity index (χ2v) is 2.63. The van der Waals surface area contributed by atoms with Gasteiger partial charge >= 0.3 is 0 Å². The molecule has 0 fully saturated rings. The molecule has 0 bridgehead atoms. The summed E-state index contributed by atoms with van der Waals surface area (Å²) in [7, 11) is 0. The van der Waals surface area contributed by atoms with Crippen LogP contribution in [-0.2, 0) is 0 Å². The number of nitrogens with zero attached hydrogens (tertiary/aromatic N) is 1. The van der Waals surface area contributed by atoms with E-state index in [1.165, 1.54) is 5.57 Å². The zero-order valence-electron chi connectivity index (χ0n) is 6.59. The van der Waals surface area contributed by atoms with E-state index < -0.39 is 0 Å². The first-order valence-corrected chi connectivity index (χ1v) is 3.66. The van der Waals surface area contributed by atoms with Gasteiger partial charge in [-0.15, -0.1) is 0 Å². The quantitative estimate of drug-likeness (QED) is 0.484. The lowest BCUT2D eigenvalue weighted by Gasteiger charge is -1.98. The highest BCUT2D eigenvalue weighted by molar-refractivity contribution is 5.78. The second kappa shape index (κ2) is 3.35. The van der Waals surface area contributed by atoms with Gasteiger partial charge in [0.15, 0.2) is 0 Å². The smallest absolute Gasteiger partial charge is 0.0333 e. The standard InChI is InChI=1S/C9H13N/c1-8-5-3-4-6-9(2)10-7-8/h5-7H,3-4H2,1-2H3. The molecule has 0 saturated carbocycles. The molecule has 1 aliphatic heterocycles. The summed E-state index contributed by atoms with van der Waals surface area (Å²) in [6.07, 6.45) is 8.58. The number of rotatable bonds is 0. The summed E-state index contributed by atoms with van der Waals surface area (Å²) in [4.78, 5) is 4.23. The van der Waals surface area contributed by atoms with Gasteiger partial charge in [0.1, 0.15) is 0 Å². The zero-order chi connectivity index (χ0) is 7.40. The van der Waals surface area contributed by atoms with Crippen LogP contribution in [0.1, 0.15) is 26.7 Å². The van der Waals surface area contributed by atoms with E-state index in [-0.39, 0.29) is 0 Å². The van der Waals surface area contributed by atoms with Gasteiger partial charge in [-0.3, -0.25) is 4.99 Å². The Labute approximate surface area is 62.2 Å². The van der Waals surface area contributed by atoms with E-state index in [0.29, 0.717) is 0 Å². The summed E-state index contributed by atoms with van der Waals surface area (Å²) < 4.78 is 0. The minimum atomic E-state index is 1.13.